The number of aliphatic carboxylic acids is 1. The van der Waals surface area contributed by atoms with Gasteiger partial charge in [-0.3, -0.25) is 14.3 Å². The average Bonchev–Trinajstić information content (AvgIpc) is 3.01. The summed E-state index contributed by atoms with van der Waals surface area (Å²) in [5, 5.41) is 12.3. The number of hydrogen-bond acceptors (Lipinski definition) is 3. The number of amides is 1. The lowest BCUT2D eigenvalue weighted by atomic mass is 10.1. The van der Waals surface area contributed by atoms with Crippen LogP contribution in [0.15, 0.2) is 6.20 Å². The van der Waals surface area contributed by atoms with E-state index in [2.05, 4.69) is 5.10 Å². The van der Waals surface area contributed by atoms with E-state index in [-0.39, 0.29) is 18.0 Å². The predicted octanol–water partition coefficient (Wildman–Crippen LogP) is 1.83. The number of alkyl halides is 2. The first kappa shape index (κ1) is 15.4. The highest BCUT2D eigenvalue weighted by Gasteiger charge is 2.33. The zero-order chi connectivity index (χ0) is 15.6. The zero-order valence-corrected chi connectivity index (χ0v) is 11.6. The van der Waals surface area contributed by atoms with Crippen LogP contribution in [0.5, 0.6) is 0 Å². The molecule has 0 radical (unpaired) electrons. The molecule has 0 spiro atoms. The van der Waals surface area contributed by atoms with Crippen molar-refractivity contribution in [1.29, 1.82) is 0 Å². The molecule has 8 heteroatoms. The summed E-state index contributed by atoms with van der Waals surface area (Å²) in [6, 6.07) is -0.209. The van der Waals surface area contributed by atoms with Gasteiger partial charge in [0.2, 0.25) is 0 Å². The van der Waals surface area contributed by atoms with Crippen molar-refractivity contribution < 1.29 is 23.5 Å². The Bertz CT molecular complexity index is 545. The molecule has 116 valence electrons. The van der Waals surface area contributed by atoms with Gasteiger partial charge >= 0.3 is 5.97 Å². The van der Waals surface area contributed by atoms with Gasteiger partial charge < -0.3 is 10.0 Å². The fourth-order valence-electron chi connectivity index (χ4n) is 2.68. The largest absolute Gasteiger partial charge is 0.481 e. The first-order valence-corrected chi connectivity index (χ1v) is 6.74. The molecule has 0 unspecified atom stereocenters. The maximum atomic E-state index is 12.9. The maximum absolute atomic E-state index is 12.9. The number of carboxylic acid groups (broad SMARTS) is 1. The van der Waals surface area contributed by atoms with Crippen LogP contribution >= 0.6 is 0 Å². The fraction of sp³-hybridized carbons (Fsp3) is 0.615. The second-order valence-electron chi connectivity index (χ2n) is 5.13. The van der Waals surface area contributed by atoms with Crippen LogP contribution in [-0.2, 0) is 11.8 Å². The Kier molecular flexibility index (Phi) is 4.54. The highest BCUT2D eigenvalue weighted by molar-refractivity contribution is 5.95. The summed E-state index contributed by atoms with van der Waals surface area (Å²) in [5.41, 5.74) is -0.624. The van der Waals surface area contributed by atoms with Crippen LogP contribution in [0, 0.1) is 0 Å². The fourth-order valence-corrected chi connectivity index (χ4v) is 2.68. The van der Waals surface area contributed by atoms with Gasteiger partial charge in [0.15, 0.2) is 0 Å². The third-order valence-corrected chi connectivity index (χ3v) is 3.62. The molecule has 1 N–H and O–H groups in total. The molecule has 1 aromatic rings. The third kappa shape index (κ3) is 3.37. The van der Waals surface area contributed by atoms with E-state index in [0.717, 1.165) is 6.42 Å². The van der Waals surface area contributed by atoms with Crippen molar-refractivity contribution in [2.45, 2.75) is 38.2 Å². The summed E-state index contributed by atoms with van der Waals surface area (Å²) < 4.78 is 27.0. The van der Waals surface area contributed by atoms with Gasteiger partial charge in [0.05, 0.1) is 5.56 Å². The lowest BCUT2D eigenvalue weighted by Gasteiger charge is -2.24. The Morgan fingerprint density at radius 2 is 2.24 bits per heavy atom. The molecule has 0 aromatic carbocycles. The summed E-state index contributed by atoms with van der Waals surface area (Å²) in [7, 11) is 1.48. The second-order valence-corrected chi connectivity index (χ2v) is 5.13. The molecule has 1 aliphatic rings. The Morgan fingerprint density at radius 1 is 1.52 bits per heavy atom. The molecule has 1 amide bonds. The number of carbonyl (C=O) groups is 2. The molecular weight excluding hydrogens is 284 g/mol. The Labute approximate surface area is 120 Å². The number of carbonyl (C=O) groups excluding carboxylic acids is 1. The number of aromatic nitrogens is 2. The third-order valence-electron chi connectivity index (χ3n) is 3.62. The summed E-state index contributed by atoms with van der Waals surface area (Å²) in [6.07, 6.45) is 0.222. The molecule has 0 bridgehead atoms. The molecule has 6 nitrogen and oxygen atoms in total. The summed E-state index contributed by atoms with van der Waals surface area (Å²) in [4.78, 5) is 24.6. The van der Waals surface area contributed by atoms with E-state index in [1.54, 1.807) is 0 Å². The molecule has 0 saturated carbocycles. The molecule has 1 fully saturated rings. The van der Waals surface area contributed by atoms with Gasteiger partial charge in [0.25, 0.3) is 12.3 Å². The number of rotatable bonds is 5. The second kappa shape index (κ2) is 6.19. The van der Waals surface area contributed by atoms with Crippen molar-refractivity contribution in [3.05, 3.63) is 17.5 Å². The SMILES string of the molecule is Cn1cc(C(=O)N2CCC[C@H]2CCC(=O)O)c(C(F)F)n1. The van der Waals surface area contributed by atoms with Gasteiger partial charge in [0.1, 0.15) is 5.69 Å². The lowest BCUT2D eigenvalue weighted by Crippen LogP contribution is -2.36. The lowest BCUT2D eigenvalue weighted by molar-refractivity contribution is -0.137. The zero-order valence-electron chi connectivity index (χ0n) is 11.6. The van der Waals surface area contributed by atoms with Crippen molar-refractivity contribution in [1.82, 2.24) is 14.7 Å². The van der Waals surface area contributed by atoms with Crippen LogP contribution in [0.4, 0.5) is 8.78 Å². The summed E-state index contributed by atoms with van der Waals surface area (Å²) in [6.45, 7) is 0.459. The van der Waals surface area contributed by atoms with Gasteiger partial charge in [-0.05, 0) is 19.3 Å². The highest BCUT2D eigenvalue weighted by atomic mass is 19.3. The first-order chi connectivity index (χ1) is 9.90. The molecule has 1 aliphatic heterocycles. The number of carboxylic acids is 1. The molecule has 21 heavy (non-hydrogen) atoms. The molecule has 1 atom stereocenters. The number of likely N-dealkylation sites (tertiary alicyclic amines) is 1. The van der Waals surface area contributed by atoms with Crippen molar-refractivity contribution in [3.8, 4) is 0 Å². The van der Waals surface area contributed by atoms with Crippen molar-refractivity contribution in [2.75, 3.05) is 6.54 Å². The van der Waals surface area contributed by atoms with Crippen LogP contribution in [0.3, 0.4) is 0 Å². The van der Waals surface area contributed by atoms with Crippen molar-refractivity contribution >= 4 is 11.9 Å². The standard InChI is InChI=1S/C13H17F2N3O3/c1-17-7-9(11(16-17)12(14)15)13(21)18-6-2-3-8(18)4-5-10(19)20/h7-8,12H,2-6H2,1H3,(H,19,20)/t8-/m0/s1. The average molecular weight is 301 g/mol. The Hall–Kier alpha value is -1.99. The van der Waals surface area contributed by atoms with Gasteiger partial charge in [-0.2, -0.15) is 5.10 Å². The van der Waals surface area contributed by atoms with E-state index in [1.165, 1.54) is 22.8 Å². The van der Waals surface area contributed by atoms with Crippen LogP contribution < -0.4 is 0 Å². The first-order valence-electron chi connectivity index (χ1n) is 6.74. The van der Waals surface area contributed by atoms with Gasteiger partial charge in [-0.25, -0.2) is 8.78 Å². The maximum Gasteiger partial charge on any atom is 0.303 e. The summed E-state index contributed by atoms with van der Waals surface area (Å²) in [5.74, 6) is -1.42. The normalized spacial score (nSPS) is 18.5. The van der Waals surface area contributed by atoms with Gasteiger partial charge in [-0.15, -0.1) is 0 Å². The molecule has 1 saturated heterocycles. The van der Waals surface area contributed by atoms with Crippen molar-refractivity contribution in [2.24, 2.45) is 7.05 Å². The molecular formula is C13H17F2N3O3. The predicted molar refractivity (Wildman–Crippen MR) is 69.1 cm³/mol. The van der Waals surface area contributed by atoms with Crippen LogP contribution in [0.25, 0.3) is 0 Å². The van der Waals surface area contributed by atoms with E-state index >= 15 is 0 Å². The number of hydrogen-bond donors (Lipinski definition) is 1. The smallest absolute Gasteiger partial charge is 0.303 e. The number of aryl methyl sites for hydroxylation is 1. The molecule has 1 aromatic heterocycles. The van der Waals surface area contributed by atoms with Gasteiger partial charge in [-0.1, -0.05) is 0 Å². The van der Waals surface area contributed by atoms with Crippen LogP contribution in [-0.4, -0.2) is 44.3 Å². The quantitative estimate of drug-likeness (QED) is 0.900. The van der Waals surface area contributed by atoms with E-state index in [9.17, 15) is 18.4 Å². The highest BCUT2D eigenvalue weighted by Crippen LogP contribution is 2.27. The van der Waals surface area contributed by atoms with E-state index in [0.29, 0.717) is 19.4 Å². The summed E-state index contributed by atoms with van der Waals surface area (Å²) >= 11 is 0. The monoisotopic (exact) mass is 301 g/mol. The number of halogens is 2. The molecule has 2 rings (SSSR count). The minimum absolute atomic E-state index is 0.0385. The topological polar surface area (TPSA) is 75.4 Å². The van der Waals surface area contributed by atoms with E-state index in [1.807, 2.05) is 0 Å². The minimum Gasteiger partial charge on any atom is -0.481 e. The minimum atomic E-state index is -2.81. The Morgan fingerprint density at radius 3 is 2.86 bits per heavy atom. The van der Waals surface area contributed by atoms with E-state index in [4.69, 9.17) is 5.11 Å². The van der Waals surface area contributed by atoms with E-state index < -0.39 is 24.0 Å². The van der Waals surface area contributed by atoms with Crippen LogP contribution in [0.2, 0.25) is 0 Å². The molecule has 2 heterocycles. The van der Waals surface area contributed by atoms with Crippen molar-refractivity contribution in [3.63, 3.8) is 0 Å². The molecule has 0 aliphatic carbocycles. The Balaban J connectivity index is 2.17. The van der Waals surface area contributed by atoms with Crippen LogP contribution in [0.1, 0.15) is 48.2 Å². The van der Waals surface area contributed by atoms with Gasteiger partial charge in [0, 0.05) is 32.3 Å². The number of nitrogens with zero attached hydrogens (tertiary/aromatic N) is 3.